The number of benzene rings is 1. The van der Waals surface area contributed by atoms with Gasteiger partial charge in [-0.15, -0.1) is 0 Å². The summed E-state index contributed by atoms with van der Waals surface area (Å²) in [6.07, 6.45) is 4.45. The topological polar surface area (TPSA) is 8.81 Å². The van der Waals surface area contributed by atoms with E-state index in [2.05, 4.69) is 106 Å². The highest BCUT2D eigenvalue weighted by Gasteiger charge is 2.20. The predicted molar refractivity (Wildman–Crippen MR) is 105 cm³/mol. The van der Waals surface area contributed by atoms with Crippen LogP contribution in [-0.4, -0.2) is 4.57 Å². The minimum atomic E-state index is 0.490. The molecular formula is C23H29N2+. The van der Waals surface area contributed by atoms with Crippen LogP contribution in [0.2, 0.25) is 0 Å². The Morgan fingerprint density at radius 1 is 0.880 bits per heavy atom. The second kappa shape index (κ2) is 6.87. The smallest absolute Gasteiger partial charge is 0.229 e. The first-order valence-corrected chi connectivity index (χ1v) is 9.17. The first-order chi connectivity index (χ1) is 11.9. The van der Waals surface area contributed by atoms with Gasteiger partial charge in [-0.3, -0.25) is 0 Å². The van der Waals surface area contributed by atoms with Crippen LogP contribution in [0.25, 0.3) is 17.1 Å². The number of rotatable bonds is 4. The highest BCUT2D eigenvalue weighted by Crippen LogP contribution is 2.30. The van der Waals surface area contributed by atoms with Crippen molar-refractivity contribution < 1.29 is 4.57 Å². The second-order valence-electron chi connectivity index (χ2n) is 7.54. The molecule has 25 heavy (non-hydrogen) atoms. The van der Waals surface area contributed by atoms with E-state index in [0.717, 1.165) is 0 Å². The summed E-state index contributed by atoms with van der Waals surface area (Å²) < 4.78 is 4.60. The average Bonchev–Trinajstić information content (AvgIpc) is 2.96. The van der Waals surface area contributed by atoms with E-state index in [1.807, 2.05) is 0 Å². The van der Waals surface area contributed by atoms with E-state index in [1.165, 1.54) is 33.8 Å². The van der Waals surface area contributed by atoms with Crippen LogP contribution < -0.4 is 4.57 Å². The summed E-state index contributed by atoms with van der Waals surface area (Å²) in [5.41, 5.74) is 7.82. The molecule has 0 saturated carbocycles. The molecule has 0 bridgehead atoms. The zero-order chi connectivity index (χ0) is 18.1. The third kappa shape index (κ3) is 3.26. The number of hydrogen-bond donors (Lipinski definition) is 0. The van der Waals surface area contributed by atoms with Crippen molar-refractivity contribution >= 4 is 0 Å². The Morgan fingerprint density at radius 2 is 1.60 bits per heavy atom. The normalized spacial score (nSPS) is 11.5. The van der Waals surface area contributed by atoms with Gasteiger partial charge in [-0.1, -0.05) is 45.9 Å². The van der Waals surface area contributed by atoms with Gasteiger partial charge in [-0.25, -0.2) is 0 Å². The van der Waals surface area contributed by atoms with Crippen LogP contribution in [0.4, 0.5) is 0 Å². The Kier molecular flexibility index (Phi) is 4.80. The molecule has 0 unspecified atom stereocenters. The van der Waals surface area contributed by atoms with Crippen molar-refractivity contribution in [2.45, 2.75) is 46.5 Å². The van der Waals surface area contributed by atoms with Crippen molar-refractivity contribution in [3.05, 3.63) is 71.5 Å². The maximum Gasteiger partial charge on any atom is 0.229 e. The van der Waals surface area contributed by atoms with Gasteiger partial charge in [0.25, 0.3) is 0 Å². The number of para-hydroxylation sites is 1. The molecule has 0 radical (unpaired) electrons. The van der Waals surface area contributed by atoms with Crippen molar-refractivity contribution in [1.82, 2.24) is 4.57 Å². The lowest BCUT2D eigenvalue weighted by Crippen LogP contribution is -2.32. The fraction of sp³-hybridized carbons (Fsp3) is 0.348. The molecule has 2 nitrogen and oxygen atoms in total. The molecule has 0 fully saturated rings. The molecule has 130 valence electrons. The molecule has 2 heterocycles. The first kappa shape index (κ1) is 17.5. The largest absolute Gasteiger partial charge is 0.311 e. The molecule has 0 atom stereocenters. The van der Waals surface area contributed by atoms with Gasteiger partial charge >= 0.3 is 0 Å². The fourth-order valence-corrected chi connectivity index (χ4v) is 3.47. The first-order valence-electron chi connectivity index (χ1n) is 9.17. The van der Waals surface area contributed by atoms with E-state index in [1.54, 1.807) is 0 Å². The predicted octanol–water partition coefficient (Wildman–Crippen LogP) is 5.52. The fourth-order valence-electron chi connectivity index (χ4n) is 3.47. The van der Waals surface area contributed by atoms with E-state index in [4.69, 9.17) is 0 Å². The van der Waals surface area contributed by atoms with Crippen molar-refractivity contribution in [2.75, 3.05) is 0 Å². The summed E-state index contributed by atoms with van der Waals surface area (Å²) in [5.74, 6) is 1.03. The van der Waals surface area contributed by atoms with Gasteiger partial charge in [0.1, 0.15) is 12.7 Å². The van der Waals surface area contributed by atoms with Gasteiger partial charge in [-0.2, -0.15) is 4.57 Å². The van der Waals surface area contributed by atoms with E-state index >= 15 is 0 Å². The zero-order valence-corrected chi connectivity index (χ0v) is 16.2. The van der Waals surface area contributed by atoms with Crippen LogP contribution >= 0.6 is 0 Å². The lowest BCUT2D eigenvalue weighted by molar-refractivity contribution is -0.661. The minimum Gasteiger partial charge on any atom is -0.311 e. The highest BCUT2D eigenvalue weighted by atomic mass is 15.0. The monoisotopic (exact) mass is 333 g/mol. The Balaban J connectivity index is 2.20. The van der Waals surface area contributed by atoms with E-state index < -0.39 is 0 Å². The van der Waals surface area contributed by atoms with Crippen LogP contribution in [0.5, 0.6) is 0 Å². The molecule has 2 aromatic heterocycles. The Hall–Kier alpha value is -2.35. The molecule has 0 aliphatic rings. The van der Waals surface area contributed by atoms with E-state index in [0.29, 0.717) is 11.8 Å². The summed E-state index contributed by atoms with van der Waals surface area (Å²) in [6.45, 7) is 11.2. The molecule has 0 aliphatic carbocycles. The summed E-state index contributed by atoms with van der Waals surface area (Å²) in [6, 6.07) is 15.4. The standard InChI is InChI=1S/C23H29N2/c1-16(2)19-11-12-22(24(6)15-19)23-18(5)13-14-25(23)21-10-8-7-9-20(21)17(3)4/h7-17H,1-6H3/q+1. The molecule has 0 saturated heterocycles. The molecule has 2 heteroatoms. The quantitative estimate of drug-likeness (QED) is 0.556. The second-order valence-corrected chi connectivity index (χ2v) is 7.54. The van der Waals surface area contributed by atoms with Crippen molar-refractivity contribution in [2.24, 2.45) is 7.05 Å². The average molecular weight is 333 g/mol. The molecule has 3 rings (SSSR count). The van der Waals surface area contributed by atoms with Gasteiger partial charge in [0.2, 0.25) is 5.69 Å². The van der Waals surface area contributed by atoms with Crippen LogP contribution in [0.3, 0.4) is 0 Å². The van der Waals surface area contributed by atoms with Crippen LogP contribution in [0.1, 0.15) is 56.2 Å². The third-order valence-corrected chi connectivity index (χ3v) is 4.97. The SMILES string of the molecule is Cc1ccn(-c2ccccc2C(C)C)c1-c1ccc(C(C)C)c[n+]1C. The summed E-state index contributed by atoms with van der Waals surface area (Å²) in [7, 11) is 2.15. The molecule has 1 aromatic carbocycles. The van der Waals surface area contributed by atoms with Gasteiger partial charge in [0.15, 0.2) is 6.20 Å². The van der Waals surface area contributed by atoms with Gasteiger partial charge in [0, 0.05) is 23.5 Å². The number of nitrogens with zero attached hydrogens (tertiary/aromatic N) is 2. The third-order valence-electron chi connectivity index (χ3n) is 4.97. The number of aromatic nitrogens is 2. The van der Waals surface area contributed by atoms with Gasteiger partial charge < -0.3 is 4.57 Å². The van der Waals surface area contributed by atoms with Gasteiger partial charge in [-0.05, 0) is 48.1 Å². The minimum absolute atomic E-state index is 0.490. The molecule has 3 aromatic rings. The lowest BCUT2D eigenvalue weighted by atomic mass is 10.0. The summed E-state index contributed by atoms with van der Waals surface area (Å²) >= 11 is 0. The zero-order valence-electron chi connectivity index (χ0n) is 16.2. The molecular weight excluding hydrogens is 304 g/mol. The molecule has 0 amide bonds. The van der Waals surface area contributed by atoms with Crippen LogP contribution in [0, 0.1) is 6.92 Å². The molecule has 0 aliphatic heterocycles. The Bertz CT molecular complexity index is 885. The van der Waals surface area contributed by atoms with E-state index in [-0.39, 0.29) is 0 Å². The Morgan fingerprint density at radius 3 is 2.24 bits per heavy atom. The number of aryl methyl sites for hydroxylation is 2. The van der Waals surface area contributed by atoms with Gasteiger partial charge in [0.05, 0.1) is 0 Å². The van der Waals surface area contributed by atoms with E-state index in [9.17, 15) is 0 Å². The summed E-state index contributed by atoms with van der Waals surface area (Å²) in [5, 5.41) is 0. The van der Waals surface area contributed by atoms with Crippen LogP contribution in [-0.2, 0) is 7.05 Å². The molecule has 0 N–H and O–H groups in total. The Labute approximate surface area is 151 Å². The number of pyridine rings is 1. The summed E-state index contributed by atoms with van der Waals surface area (Å²) in [4.78, 5) is 0. The van der Waals surface area contributed by atoms with Crippen molar-refractivity contribution in [3.63, 3.8) is 0 Å². The highest BCUT2D eigenvalue weighted by molar-refractivity contribution is 5.62. The van der Waals surface area contributed by atoms with Crippen molar-refractivity contribution in [1.29, 1.82) is 0 Å². The maximum atomic E-state index is 2.34. The molecule has 0 spiro atoms. The maximum absolute atomic E-state index is 2.34. The van der Waals surface area contributed by atoms with Crippen molar-refractivity contribution in [3.8, 4) is 17.1 Å². The van der Waals surface area contributed by atoms with Crippen LogP contribution in [0.15, 0.2) is 54.9 Å². The number of hydrogen-bond acceptors (Lipinski definition) is 0. The lowest BCUT2D eigenvalue weighted by Gasteiger charge is -2.16.